The Bertz CT molecular complexity index is 415. The van der Waals surface area contributed by atoms with Crippen LogP contribution in [0.15, 0.2) is 0 Å². The van der Waals surface area contributed by atoms with E-state index in [0.717, 1.165) is 24.6 Å². The molecule has 1 aromatic rings. The summed E-state index contributed by atoms with van der Waals surface area (Å²) in [6.45, 7) is 6.42. The normalized spacial score (nSPS) is 27.4. The first-order valence-electron chi connectivity index (χ1n) is 6.87. The second-order valence-corrected chi connectivity index (χ2v) is 5.14. The molecule has 2 N–H and O–H groups in total. The van der Waals surface area contributed by atoms with Gasteiger partial charge in [0.25, 0.3) is 5.91 Å². The number of hydrogen-bond acceptors (Lipinski definition) is 3. The zero-order chi connectivity index (χ0) is 13.1. The summed E-state index contributed by atoms with van der Waals surface area (Å²) in [5.74, 6) is 2.14. The van der Waals surface area contributed by atoms with Crippen LogP contribution in [0.5, 0.6) is 0 Å². The molecule has 1 aromatic heterocycles. The monoisotopic (exact) mass is 250 g/mol. The van der Waals surface area contributed by atoms with Crippen molar-refractivity contribution in [3.05, 3.63) is 11.6 Å². The predicted molar refractivity (Wildman–Crippen MR) is 69.2 cm³/mol. The Morgan fingerprint density at radius 1 is 1.44 bits per heavy atom. The van der Waals surface area contributed by atoms with E-state index in [-0.39, 0.29) is 17.8 Å². The maximum Gasteiger partial charge on any atom is 0.291 e. The van der Waals surface area contributed by atoms with Crippen LogP contribution in [-0.4, -0.2) is 27.1 Å². The molecular weight excluding hydrogens is 228 g/mol. The quantitative estimate of drug-likeness (QED) is 0.857. The minimum Gasteiger partial charge on any atom is -0.346 e. The minimum absolute atomic E-state index is 0.153. The Morgan fingerprint density at radius 3 is 2.78 bits per heavy atom. The lowest BCUT2D eigenvalue weighted by Crippen LogP contribution is -2.38. The maximum absolute atomic E-state index is 12.0. The molecule has 3 atom stereocenters. The van der Waals surface area contributed by atoms with Crippen molar-refractivity contribution in [1.29, 1.82) is 0 Å². The molecule has 0 radical (unpaired) electrons. The van der Waals surface area contributed by atoms with Crippen molar-refractivity contribution >= 4 is 5.91 Å². The Morgan fingerprint density at radius 2 is 2.22 bits per heavy atom. The lowest BCUT2D eigenvalue weighted by Gasteiger charge is -2.20. The van der Waals surface area contributed by atoms with Crippen LogP contribution in [0.25, 0.3) is 0 Å². The number of aromatic amines is 1. The third kappa shape index (κ3) is 2.54. The fourth-order valence-electron chi connectivity index (χ4n) is 2.82. The number of amides is 1. The summed E-state index contributed by atoms with van der Waals surface area (Å²) in [4.78, 5) is 16.2. The first-order valence-corrected chi connectivity index (χ1v) is 6.87. The van der Waals surface area contributed by atoms with E-state index in [9.17, 15) is 4.79 Å². The van der Waals surface area contributed by atoms with Gasteiger partial charge in [0.15, 0.2) is 0 Å². The van der Waals surface area contributed by atoms with E-state index in [1.54, 1.807) is 0 Å². The van der Waals surface area contributed by atoms with Crippen molar-refractivity contribution in [2.45, 2.75) is 52.5 Å². The third-order valence-corrected chi connectivity index (χ3v) is 4.14. The Balaban J connectivity index is 1.95. The molecule has 0 spiro atoms. The second kappa shape index (κ2) is 5.50. The average molecular weight is 250 g/mol. The van der Waals surface area contributed by atoms with E-state index in [4.69, 9.17) is 0 Å². The molecule has 1 aliphatic carbocycles. The summed E-state index contributed by atoms with van der Waals surface area (Å²) in [6, 6.07) is 0.269. The number of carbonyl (C=O) groups excluding carboxylic acids is 1. The lowest BCUT2D eigenvalue weighted by atomic mass is 9.93. The van der Waals surface area contributed by atoms with Crippen molar-refractivity contribution in [3.63, 3.8) is 0 Å². The number of carbonyl (C=O) groups is 1. The first-order chi connectivity index (χ1) is 8.65. The Labute approximate surface area is 108 Å². The summed E-state index contributed by atoms with van der Waals surface area (Å²) in [5.41, 5.74) is 0. The van der Waals surface area contributed by atoms with E-state index in [1.807, 2.05) is 6.92 Å². The number of nitrogens with one attached hydrogen (secondary N) is 2. The van der Waals surface area contributed by atoms with Crippen molar-refractivity contribution in [3.8, 4) is 0 Å². The van der Waals surface area contributed by atoms with Gasteiger partial charge < -0.3 is 5.32 Å². The molecule has 1 amide bonds. The number of hydrogen-bond donors (Lipinski definition) is 2. The molecule has 1 aliphatic rings. The highest BCUT2D eigenvalue weighted by Crippen LogP contribution is 2.33. The van der Waals surface area contributed by atoms with Gasteiger partial charge in [-0.3, -0.25) is 9.89 Å². The highest BCUT2D eigenvalue weighted by molar-refractivity contribution is 5.90. The van der Waals surface area contributed by atoms with Gasteiger partial charge in [-0.05, 0) is 24.7 Å². The number of nitrogens with zero attached hydrogens (tertiary/aromatic N) is 2. The molecule has 0 bridgehead atoms. The van der Waals surface area contributed by atoms with E-state index in [0.29, 0.717) is 5.92 Å². The smallest absolute Gasteiger partial charge is 0.291 e. The van der Waals surface area contributed by atoms with E-state index in [2.05, 4.69) is 34.3 Å². The summed E-state index contributed by atoms with van der Waals surface area (Å²) < 4.78 is 0. The van der Waals surface area contributed by atoms with Crippen molar-refractivity contribution in [2.24, 2.45) is 11.8 Å². The van der Waals surface area contributed by atoms with Gasteiger partial charge in [0.1, 0.15) is 5.82 Å². The largest absolute Gasteiger partial charge is 0.346 e. The molecule has 1 fully saturated rings. The van der Waals surface area contributed by atoms with E-state index in [1.165, 1.54) is 12.8 Å². The summed E-state index contributed by atoms with van der Waals surface area (Å²) >= 11 is 0. The third-order valence-electron chi connectivity index (χ3n) is 4.14. The van der Waals surface area contributed by atoms with Gasteiger partial charge in [-0.15, -0.1) is 5.10 Å². The standard InChI is InChI=1S/C13H22N4O/c1-4-9-6-7-10(8(9)3)14-13(18)12-15-11(5-2)16-17-12/h8-10H,4-7H2,1-3H3,(H,14,18)(H,15,16,17). The fraction of sp³-hybridized carbons (Fsp3) is 0.769. The number of aryl methyl sites for hydroxylation is 1. The van der Waals surface area contributed by atoms with Gasteiger partial charge in [0.05, 0.1) is 0 Å². The number of rotatable bonds is 4. The topological polar surface area (TPSA) is 70.7 Å². The van der Waals surface area contributed by atoms with E-state index < -0.39 is 0 Å². The summed E-state index contributed by atoms with van der Waals surface area (Å²) in [7, 11) is 0. The van der Waals surface area contributed by atoms with Crippen molar-refractivity contribution in [2.75, 3.05) is 0 Å². The highest BCUT2D eigenvalue weighted by Gasteiger charge is 2.33. The zero-order valence-corrected chi connectivity index (χ0v) is 11.4. The summed E-state index contributed by atoms with van der Waals surface area (Å²) in [6.07, 6.45) is 4.22. The minimum atomic E-state index is -0.153. The van der Waals surface area contributed by atoms with Gasteiger partial charge in [-0.25, -0.2) is 4.98 Å². The van der Waals surface area contributed by atoms with Crippen LogP contribution in [0, 0.1) is 11.8 Å². The van der Waals surface area contributed by atoms with E-state index >= 15 is 0 Å². The predicted octanol–water partition coefficient (Wildman–Crippen LogP) is 1.92. The zero-order valence-electron chi connectivity index (χ0n) is 11.4. The molecule has 3 unspecified atom stereocenters. The van der Waals surface area contributed by atoms with Crippen LogP contribution < -0.4 is 5.32 Å². The van der Waals surface area contributed by atoms with Gasteiger partial charge in [-0.2, -0.15) is 0 Å². The molecule has 5 heteroatoms. The molecule has 18 heavy (non-hydrogen) atoms. The summed E-state index contributed by atoms with van der Waals surface area (Å²) in [5, 5.41) is 9.78. The van der Waals surface area contributed by atoms with Crippen LogP contribution >= 0.6 is 0 Å². The van der Waals surface area contributed by atoms with Crippen LogP contribution in [0.4, 0.5) is 0 Å². The van der Waals surface area contributed by atoms with Crippen LogP contribution in [-0.2, 0) is 6.42 Å². The average Bonchev–Trinajstić information content (AvgIpc) is 2.97. The van der Waals surface area contributed by atoms with Crippen molar-refractivity contribution in [1.82, 2.24) is 20.5 Å². The van der Waals surface area contributed by atoms with Gasteiger partial charge in [-0.1, -0.05) is 27.2 Å². The Hall–Kier alpha value is -1.39. The SMILES string of the molecule is CCc1nc(C(=O)NC2CCC(CC)C2C)n[nH]1. The van der Waals surface area contributed by atoms with Crippen molar-refractivity contribution < 1.29 is 4.79 Å². The number of H-pyrrole nitrogens is 1. The molecule has 0 saturated heterocycles. The molecule has 0 aromatic carbocycles. The second-order valence-electron chi connectivity index (χ2n) is 5.14. The van der Waals surface area contributed by atoms with Gasteiger partial charge in [0.2, 0.25) is 5.82 Å². The first kappa shape index (κ1) is 13.1. The van der Waals surface area contributed by atoms with Crippen LogP contribution in [0.3, 0.4) is 0 Å². The molecule has 1 saturated carbocycles. The Kier molecular flexibility index (Phi) is 3.99. The molecule has 2 rings (SSSR count). The molecular formula is C13H22N4O. The fourth-order valence-corrected chi connectivity index (χ4v) is 2.82. The van der Waals surface area contributed by atoms with Gasteiger partial charge >= 0.3 is 0 Å². The maximum atomic E-state index is 12.0. The van der Waals surface area contributed by atoms with Crippen LogP contribution in [0.1, 0.15) is 56.5 Å². The molecule has 1 heterocycles. The lowest BCUT2D eigenvalue weighted by molar-refractivity contribution is 0.0916. The molecule has 5 nitrogen and oxygen atoms in total. The molecule has 0 aliphatic heterocycles. The highest BCUT2D eigenvalue weighted by atomic mass is 16.2. The number of aromatic nitrogens is 3. The van der Waals surface area contributed by atoms with Crippen LogP contribution in [0.2, 0.25) is 0 Å². The molecule has 100 valence electrons. The van der Waals surface area contributed by atoms with Gasteiger partial charge in [0, 0.05) is 12.5 Å².